The van der Waals surface area contributed by atoms with Gasteiger partial charge in [0, 0.05) is 30.2 Å². The minimum absolute atomic E-state index is 0.0466. The summed E-state index contributed by atoms with van der Waals surface area (Å²) in [5.41, 5.74) is -1.64. The minimum atomic E-state index is -4.85. The van der Waals surface area contributed by atoms with Crippen LogP contribution in [0.25, 0.3) is 11.3 Å². The maximum Gasteiger partial charge on any atom is 0.419 e. The lowest BCUT2D eigenvalue weighted by Crippen LogP contribution is -2.37. The maximum absolute atomic E-state index is 14.4. The molecule has 3 aromatic rings. The third-order valence-corrected chi connectivity index (χ3v) is 6.52. The van der Waals surface area contributed by atoms with Crippen molar-refractivity contribution in [2.24, 2.45) is 5.92 Å². The Morgan fingerprint density at radius 2 is 1.97 bits per heavy atom. The second-order valence-corrected chi connectivity index (χ2v) is 8.86. The van der Waals surface area contributed by atoms with Gasteiger partial charge in [0.25, 0.3) is 5.91 Å². The Morgan fingerprint density at radius 1 is 1.25 bits per heavy atom. The summed E-state index contributed by atoms with van der Waals surface area (Å²) in [5, 5.41) is 13.1. The van der Waals surface area contributed by atoms with E-state index in [9.17, 15) is 27.2 Å². The highest BCUT2D eigenvalue weighted by Crippen LogP contribution is 2.36. The Kier molecular flexibility index (Phi) is 7.11. The number of alkyl halides is 3. The number of nitrogens with zero attached hydrogens (tertiary/aromatic N) is 3. The van der Waals surface area contributed by atoms with Gasteiger partial charge in [-0.15, -0.1) is 11.3 Å². The topological polar surface area (TPSA) is 105 Å². The molecule has 3 heterocycles. The number of anilines is 2. The van der Waals surface area contributed by atoms with Crippen molar-refractivity contribution >= 4 is 34.2 Å². The molecule has 0 saturated carbocycles. The molecule has 1 saturated heterocycles. The molecule has 2 N–H and O–H groups in total. The highest BCUT2D eigenvalue weighted by molar-refractivity contribution is 7.14. The molecule has 0 aliphatic carbocycles. The van der Waals surface area contributed by atoms with Gasteiger partial charge in [0.1, 0.15) is 5.82 Å². The van der Waals surface area contributed by atoms with E-state index in [1.807, 2.05) is 4.90 Å². The second-order valence-electron chi connectivity index (χ2n) is 8.01. The van der Waals surface area contributed by atoms with Crippen molar-refractivity contribution in [1.29, 1.82) is 0 Å². The van der Waals surface area contributed by atoms with E-state index in [2.05, 4.69) is 15.3 Å². The van der Waals surface area contributed by atoms with Crippen LogP contribution >= 0.6 is 11.3 Å². The second kappa shape index (κ2) is 10.1. The predicted octanol–water partition coefficient (Wildman–Crippen LogP) is 4.92. The standard InChI is InChI=1S/C23H20F4N4O4S/c1-35-17-9-13(10-28-19(17)31-7-5-12(6-8-31)21(33)34)20(32)30-22-29-16(11-36-22)14-3-2-4-15(18(14)24)23(25,26)27/h2-4,9-12H,5-8H2,1H3,(H,33,34)(H,29,30,32). The Hall–Kier alpha value is -3.74. The lowest BCUT2D eigenvalue weighted by Gasteiger charge is -2.31. The Bertz CT molecular complexity index is 1290. The molecule has 1 amide bonds. The number of thiazole rings is 1. The van der Waals surface area contributed by atoms with Crippen LogP contribution in [-0.4, -0.2) is 47.2 Å². The molecule has 13 heteroatoms. The van der Waals surface area contributed by atoms with Gasteiger partial charge >= 0.3 is 12.1 Å². The van der Waals surface area contributed by atoms with Gasteiger partial charge in [0.15, 0.2) is 16.7 Å². The first-order chi connectivity index (χ1) is 17.1. The van der Waals surface area contributed by atoms with Crippen LogP contribution in [0.4, 0.5) is 28.5 Å². The Balaban J connectivity index is 1.49. The number of aromatic nitrogens is 2. The predicted molar refractivity (Wildman–Crippen MR) is 124 cm³/mol. The summed E-state index contributed by atoms with van der Waals surface area (Å²) in [5.74, 6) is -2.48. The van der Waals surface area contributed by atoms with Crippen LogP contribution in [0.2, 0.25) is 0 Å². The molecule has 0 bridgehead atoms. The number of hydrogen-bond acceptors (Lipinski definition) is 7. The third kappa shape index (κ3) is 5.25. The quantitative estimate of drug-likeness (QED) is 0.441. The average Bonchev–Trinajstić information content (AvgIpc) is 3.31. The highest BCUT2D eigenvalue weighted by Gasteiger charge is 2.35. The zero-order valence-corrected chi connectivity index (χ0v) is 19.6. The first-order valence-electron chi connectivity index (χ1n) is 10.7. The van der Waals surface area contributed by atoms with Gasteiger partial charge in [0.05, 0.1) is 29.8 Å². The number of aliphatic carboxylic acids is 1. The minimum Gasteiger partial charge on any atom is -0.493 e. The van der Waals surface area contributed by atoms with Gasteiger partial charge in [0.2, 0.25) is 0 Å². The smallest absolute Gasteiger partial charge is 0.419 e. The Labute approximate surface area is 206 Å². The van der Waals surface area contributed by atoms with Crippen molar-refractivity contribution in [3.05, 3.63) is 52.8 Å². The van der Waals surface area contributed by atoms with E-state index >= 15 is 0 Å². The normalized spacial score (nSPS) is 14.5. The van der Waals surface area contributed by atoms with Crippen molar-refractivity contribution in [3.63, 3.8) is 0 Å². The molecular formula is C23H20F4N4O4S. The van der Waals surface area contributed by atoms with Gasteiger partial charge in [-0.1, -0.05) is 6.07 Å². The number of carbonyl (C=O) groups excluding carboxylic acids is 1. The number of amides is 1. The highest BCUT2D eigenvalue weighted by atomic mass is 32.1. The zero-order chi connectivity index (χ0) is 26.0. The van der Waals surface area contributed by atoms with Crippen molar-refractivity contribution < 1.29 is 37.0 Å². The number of methoxy groups -OCH3 is 1. The molecule has 1 aromatic carbocycles. The van der Waals surface area contributed by atoms with Gasteiger partial charge < -0.3 is 14.7 Å². The number of carboxylic acid groups (broad SMARTS) is 1. The fraction of sp³-hybridized carbons (Fsp3) is 0.304. The lowest BCUT2D eigenvalue weighted by molar-refractivity contribution is -0.142. The van der Waals surface area contributed by atoms with E-state index in [1.165, 1.54) is 30.8 Å². The molecular weight excluding hydrogens is 504 g/mol. The molecule has 1 aliphatic heterocycles. The largest absolute Gasteiger partial charge is 0.493 e. The molecule has 0 unspecified atom stereocenters. The summed E-state index contributed by atoms with van der Waals surface area (Å²) in [6.07, 6.45) is -2.60. The fourth-order valence-electron chi connectivity index (χ4n) is 3.86. The number of rotatable bonds is 6. The number of nitrogens with one attached hydrogen (secondary N) is 1. The van der Waals surface area contributed by atoms with Gasteiger partial charge in [-0.3, -0.25) is 14.9 Å². The molecule has 4 rings (SSSR count). The van der Waals surface area contributed by atoms with Gasteiger partial charge in [-0.2, -0.15) is 13.2 Å². The van der Waals surface area contributed by atoms with Gasteiger partial charge in [-0.05, 0) is 31.0 Å². The molecule has 0 atom stereocenters. The zero-order valence-electron chi connectivity index (χ0n) is 18.8. The number of hydrogen-bond donors (Lipinski definition) is 2. The number of carboxylic acids is 1. The van der Waals surface area contributed by atoms with Crippen LogP contribution < -0.4 is 15.0 Å². The van der Waals surface area contributed by atoms with E-state index in [1.54, 1.807) is 0 Å². The van der Waals surface area contributed by atoms with Crippen molar-refractivity contribution in [1.82, 2.24) is 9.97 Å². The molecule has 1 fully saturated rings. The van der Waals surface area contributed by atoms with Crippen molar-refractivity contribution in [3.8, 4) is 17.0 Å². The van der Waals surface area contributed by atoms with E-state index < -0.39 is 35.4 Å². The summed E-state index contributed by atoms with van der Waals surface area (Å²) in [7, 11) is 1.42. The maximum atomic E-state index is 14.4. The van der Waals surface area contributed by atoms with E-state index in [-0.39, 0.29) is 22.0 Å². The molecule has 36 heavy (non-hydrogen) atoms. The number of carbonyl (C=O) groups is 2. The molecule has 2 aromatic heterocycles. The summed E-state index contributed by atoms with van der Waals surface area (Å²) >= 11 is 0.929. The van der Waals surface area contributed by atoms with E-state index in [0.29, 0.717) is 43.6 Å². The summed E-state index contributed by atoms with van der Waals surface area (Å²) in [4.78, 5) is 34.2. The number of piperidine rings is 1. The molecule has 1 aliphatic rings. The first kappa shape index (κ1) is 25.4. The summed E-state index contributed by atoms with van der Waals surface area (Å²) in [6, 6.07) is 4.38. The number of halogens is 4. The van der Waals surface area contributed by atoms with E-state index in [4.69, 9.17) is 9.84 Å². The van der Waals surface area contributed by atoms with Crippen molar-refractivity contribution in [2.45, 2.75) is 19.0 Å². The van der Waals surface area contributed by atoms with Crippen LogP contribution in [-0.2, 0) is 11.0 Å². The van der Waals surface area contributed by atoms with Crippen LogP contribution in [0, 0.1) is 11.7 Å². The van der Waals surface area contributed by atoms with Crippen LogP contribution in [0.3, 0.4) is 0 Å². The number of benzene rings is 1. The van der Waals surface area contributed by atoms with Gasteiger partial charge in [-0.25, -0.2) is 14.4 Å². The SMILES string of the molecule is COc1cc(C(=O)Nc2nc(-c3cccc(C(F)(F)F)c3F)cs2)cnc1N1CCC(C(=O)O)CC1. The molecule has 190 valence electrons. The third-order valence-electron chi connectivity index (χ3n) is 5.76. The lowest BCUT2D eigenvalue weighted by atomic mass is 9.97. The summed E-state index contributed by atoms with van der Waals surface area (Å²) < 4.78 is 58.8. The average molecular weight is 524 g/mol. The first-order valence-corrected chi connectivity index (χ1v) is 11.6. The summed E-state index contributed by atoms with van der Waals surface area (Å²) in [6.45, 7) is 0.944. The van der Waals surface area contributed by atoms with E-state index in [0.717, 1.165) is 17.4 Å². The van der Waals surface area contributed by atoms with Crippen LogP contribution in [0.1, 0.15) is 28.8 Å². The number of pyridine rings is 1. The van der Waals surface area contributed by atoms with Crippen LogP contribution in [0.15, 0.2) is 35.8 Å². The fourth-order valence-corrected chi connectivity index (χ4v) is 4.57. The van der Waals surface area contributed by atoms with Crippen LogP contribution in [0.5, 0.6) is 5.75 Å². The molecule has 0 spiro atoms. The van der Waals surface area contributed by atoms with Crippen molar-refractivity contribution in [2.75, 3.05) is 30.4 Å². The molecule has 0 radical (unpaired) electrons. The Morgan fingerprint density at radius 3 is 2.61 bits per heavy atom. The molecule has 8 nitrogen and oxygen atoms in total. The monoisotopic (exact) mass is 524 g/mol. The number of ether oxygens (including phenoxy) is 1.